The summed E-state index contributed by atoms with van der Waals surface area (Å²) in [5.41, 5.74) is 8.09. The topological polar surface area (TPSA) is 102 Å². The average Bonchev–Trinajstić information content (AvgIpc) is 3.10. The number of nitrogens with one attached hydrogen (secondary N) is 2. The van der Waals surface area contributed by atoms with Gasteiger partial charge in [0, 0.05) is 12.4 Å². The van der Waals surface area contributed by atoms with Crippen LogP contribution in [0.3, 0.4) is 0 Å². The first kappa shape index (κ1) is 12.0. The Morgan fingerprint density at radius 1 is 1.30 bits per heavy atom. The van der Waals surface area contributed by atoms with Crippen LogP contribution in [0.5, 0.6) is 0 Å². The van der Waals surface area contributed by atoms with Gasteiger partial charge < -0.3 is 11.1 Å². The summed E-state index contributed by atoms with van der Waals surface area (Å²) in [5, 5.41) is 13.3. The predicted molar refractivity (Wildman–Crippen MR) is 74.5 cm³/mol. The Kier molecular flexibility index (Phi) is 2.92. The lowest BCUT2D eigenvalue weighted by Crippen LogP contribution is -2.12. The summed E-state index contributed by atoms with van der Waals surface area (Å²) in [5.74, 6) is -0.306. The second kappa shape index (κ2) is 4.88. The van der Waals surface area contributed by atoms with Gasteiger partial charge in [-0.3, -0.25) is 9.89 Å². The summed E-state index contributed by atoms with van der Waals surface area (Å²) in [7, 11) is 0. The maximum absolute atomic E-state index is 12.0. The molecule has 1 amide bonds. The number of nitrogens with two attached hydrogens (primary N) is 1. The van der Waals surface area contributed by atoms with Gasteiger partial charge in [0.1, 0.15) is 0 Å². The highest BCUT2D eigenvalue weighted by Gasteiger charge is 2.11. The van der Waals surface area contributed by atoms with Gasteiger partial charge in [-0.05, 0) is 18.2 Å². The zero-order chi connectivity index (χ0) is 13.9. The van der Waals surface area contributed by atoms with Crippen LogP contribution in [0.25, 0.3) is 5.69 Å². The highest BCUT2D eigenvalue weighted by Crippen LogP contribution is 2.16. The molecule has 0 aliphatic carbocycles. The SMILES string of the molecule is Nc1ccccc1-n1ccc(C(=O)Nc2cn[nH]c2)n1. The number of para-hydroxylation sites is 2. The van der Waals surface area contributed by atoms with Gasteiger partial charge in [0.2, 0.25) is 0 Å². The molecule has 1 aromatic carbocycles. The molecule has 20 heavy (non-hydrogen) atoms. The van der Waals surface area contributed by atoms with E-state index in [0.29, 0.717) is 17.1 Å². The molecule has 0 aliphatic heterocycles. The zero-order valence-corrected chi connectivity index (χ0v) is 10.4. The zero-order valence-electron chi connectivity index (χ0n) is 10.4. The first-order valence-electron chi connectivity index (χ1n) is 5.95. The number of hydrogen-bond acceptors (Lipinski definition) is 4. The smallest absolute Gasteiger partial charge is 0.276 e. The molecule has 3 rings (SSSR count). The van der Waals surface area contributed by atoms with Crippen molar-refractivity contribution in [2.24, 2.45) is 0 Å². The van der Waals surface area contributed by atoms with Gasteiger partial charge in [0.25, 0.3) is 5.91 Å². The maximum Gasteiger partial charge on any atom is 0.276 e. The van der Waals surface area contributed by atoms with E-state index >= 15 is 0 Å². The van der Waals surface area contributed by atoms with Crippen molar-refractivity contribution < 1.29 is 4.79 Å². The van der Waals surface area contributed by atoms with Crippen LogP contribution in [0.1, 0.15) is 10.5 Å². The molecular weight excluding hydrogens is 256 g/mol. The molecule has 4 N–H and O–H groups in total. The Labute approximate surface area is 114 Å². The summed E-state index contributed by atoms with van der Waals surface area (Å²) in [6.07, 6.45) is 4.80. The number of aromatic nitrogens is 4. The standard InChI is InChI=1S/C13H12N6O/c14-10-3-1-2-4-12(10)19-6-5-11(18-19)13(20)17-9-7-15-16-8-9/h1-8H,14H2,(H,15,16)(H,17,20). The first-order valence-corrected chi connectivity index (χ1v) is 5.95. The molecule has 100 valence electrons. The summed E-state index contributed by atoms with van der Waals surface area (Å²) < 4.78 is 1.57. The quantitative estimate of drug-likeness (QED) is 0.625. The van der Waals surface area contributed by atoms with Crippen LogP contribution in [0, 0.1) is 0 Å². The van der Waals surface area contributed by atoms with Crippen molar-refractivity contribution in [1.29, 1.82) is 0 Å². The van der Waals surface area contributed by atoms with Crippen molar-refractivity contribution in [2.45, 2.75) is 0 Å². The largest absolute Gasteiger partial charge is 0.397 e. The van der Waals surface area contributed by atoms with Crippen molar-refractivity contribution in [2.75, 3.05) is 11.1 Å². The van der Waals surface area contributed by atoms with E-state index in [0.717, 1.165) is 5.69 Å². The average molecular weight is 268 g/mol. The summed E-state index contributed by atoms with van der Waals surface area (Å²) in [6.45, 7) is 0. The monoisotopic (exact) mass is 268 g/mol. The fraction of sp³-hybridized carbons (Fsp3) is 0. The Morgan fingerprint density at radius 3 is 2.90 bits per heavy atom. The number of rotatable bonds is 3. The molecule has 2 aromatic heterocycles. The van der Waals surface area contributed by atoms with Crippen LogP contribution in [0.15, 0.2) is 48.9 Å². The second-order valence-corrected chi connectivity index (χ2v) is 4.15. The molecule has 0 aliphatic rings. The molecule has 0 radical (unpaired) electrons. The number of benzene rings is 1. The van der Waals surface area contributed by atoms with E-state index < -0.39 is 0 Å². The fourth-order valence-electron chi connectivity index (χ4n) is 1.79. The number of anilines is 2. The number of carbonyl (C=O) groups is 1. The van der Waals surface area contributed by atoms with E-state index in [4.69, 9.17) is 5.73 Å². The third-order valence-corrected chi connectivity index (χ3v) is 2.76. The summed E-state index contributed by atoms with van der Waals surface area (Å²) >= 11 is 0. The van der Waals surface area contributed by atoms with Gasteiger partial charge in [-0.1, -0.05) is 12.1 Å². The Morgan fingerprint density at radius 2 is 2.15 bits per heavy atom. The van der Waals surface area contributed by atoms with Gasteiger partial charge in [-0.2, -0.15) is 10.2 Å². The second-order valence-electron chi connectivity index (χ2n) is 4.15. The molecule has 0 fully saturated rings. The lowest BCUT2D eigenvalue weighted by Gasteiger charge is -2.04. The molecule has 0 saturated carbocycles. The summed E-state index contributed by atoms with van der Waals surface area (Å²) in [4.78, 5) is 12.0. The molecule has 2 heterocycles. The Bertz CT molecular complexity index is 731. The van der Waals surface area contributed by atoms with E-state index in [1.807, 2.05) is 18.2 Å². The molecule has 0 spiro atoms. The van der Waals surface area contributed by atoms with Crippen molar-refractivity contribution in [3.63, 3.8) is 0 Å². The molecule has 0 atom stereocenters. The third kappa shape index (κ3) is 2.24. The molecule has 7 nitrogen and oxygen atoms in total. The van der Waals surface area contributed by atoms with Crippen LogP contribution < -0.4 is 11.1 Å². The number of nitrogen functional groups attached to an aromatic ring is 1. The number of H-pyrrole nitrogens is 1. The Hall–Kier alpha value is -3.09. The number of aromatic amines is 1. The molecule has 7 heteroatoms. The van der Waals surface area contributed by atoms with E-state index in [-0.39, 0.29) is 5.91 Å². The van der Waals surface area contributed by atoms with E-state index in [2.05, 4.69) is 20.6 Å². The summed E-state index contributed by atoms with van der Waals surface area (Å²) in [6, 6.07) is 8.94. The van der Waals surface area contributed by atoms with Gasteiger partial charge in [0.05, 0.1) is 23.3 Å². The van der Waals surface area contributed by atoms with Crippen molar-refractivity contribution in [3.05, 3.63) is 54.6 Å². The van der Waals surface area contributed by atoms with Gasteiger partial charge >= 0.3 is 0 Å². The third-order valence-electron chi connectivity index (χ3n) is 2.76. The minimum Gasteiger partial charge on any atom is -0.397 e. The highest BCUT2D eigenvalue weighted by molar-refractivity contribution is 6.02. The van der Waals surface area contributed by atoms with Crippen molar-refractivity contribution >= 4 is 17.3 Å². The molecule has 0 bridgehead atoms. The molecule has 0 saturated heterocycles. The van der Waals surface area contributed by atoms with Crippen molar-refractivity contribution in [3.8, 4) is 5.69 Å². The van der Waals surface area contributed by atoms with Crippen LogP contribution in [-0.2, 0) is 0 Å². The first-order chi connectivity index (χ1) is 9.74. The molecule has 3 aromatic rings. The van der Waals surface area contributed by atoms with E-state index in [9.17, 15) is 4.79 Å². The van der Waals surface area contributed by atoms with E-state index in [1.54, 1.807) is 29.2 Å². The van der Waals surface area contributed by atoms with Gasteiger partial charge in [-0.15, -0.1) is 0 Å². The normalized spacial score (nSPS) is 10.4. The highest BCUT2D eigenvalue weighted by atomic mass is 16.2. The maximum atomic E-state index is 12.0. The lowest BCUT2D eigenvalue weighted by molar-refractivity contribution is 0.102. The molecule has 0 unspecified atom stereocenters. The number of amides is 1. The molecular formula is C13H12N6O. The fourth-order valence-corrected chi connectivity index (χ4v) is 1.79. The van der Waals surface area contributed by atoms with Gasteiger partial charge in [-0.25, -0.2) is 4.68 Å². The minimum atomic E-state index is -0.306. The lowest BCUT2D eigenvalue weighted by atomic mass is 10.3. The van der Waals surface area contributed by atoms with Crippen molar-refractivity contribution in [1.82, 2.24) is 20.0 Å². The number of carbonyl (C=O) groups excluding carboxylic acids is 1. The van der Waals surface area contributed by atoms with Crippen LogP contribution in [-0.4, -0.2) is 25.9 Å². The van der Waals surface area contributed by atoms with E-state index in [1.165, 1.54) is 6.20 Å². The minimum absolute atomic E-state index is 0.300. The van der Waals surface area contributed by atoms with Crippen LogP contribution in [0.2, 0.25) is 0 Å². The van der Waals surface area contributed by atoms with Gasteiger partial charge in [0.15, 0.2) is 5.69 Å². The predicted octanol–water partition coefficient (Wildman–Crippen LogP) is 1.43. The number of hydrogen-bond donors (Lipinski definition) is 3. The van der Waals surface area contributed by atoms with Crippen LogP contribution >= 0.6 is 0 Å². The Balaban J connectivity index is 1.83. The van der Waals surface area contributed by atoms with Crippen LogP contribution in [0.4, 0.5) is 11.4 Å². The number of nitrogens with zero attached hydrogens (tertiary/aromatic N) is 3.